The molecule has 0 saturated carbocycles. The lowest BCUT2D eigenvalue weighted by Crippen LogP contribution is -2.40. The summed E-state index contributed by atoms with van der Waals surface area (Å²) in [4.78, 5) is 14.4. The molecule has 2 aromatic rings. The molecule has 5 heteroatoms. The third kappa shape index (κ3) is 2.99. The van der Waals surface area contributed by atoms with Gasteiger partial charge in [0.1, 0.15) is 5.58 Å². The molecular formula is C16H19BrN2O2. The summed E-state index contributed by atoms with van der Waals surface area (Å²) in [7, 11) is 1.98. The number of fused-ring (bicyclic) bond motifs is 1. The van der Waals surface area contributed by atoms with E-state index in [1.54, 1.807) is 0 Å². The van der Waals surface area contributed by atoms with Crippen LogP contribution in [-0.2, 0) is 0 Å². The first kappa shape index (κ1) is 14.6. The number of hydrogen-bond donors (Lipinski definition) is 1. The Morgan fingerprint density at radius 1 is 1.43 bits per heavy atom. The number of para-hydroxylation sites is 1. The maximum Gasteiger partial charge on any atom is 0.289 e. The van der Waals surface area contributed by atoms with Crippen molar-refractivity contribution in [2.45, 2.75) is 12.8 Å². The van der Waals surface area contributed by atoms with Gasteiger partial charge in [-0.2, -0.15) is 0 Å². The topological polar surface area (TPSA) is 45.5 Å². The predicted octanol–water partition coefficient (Wildman–Crippen LogP) is 3.27. The van der Waals surface area contributed by atoms with Gasteiger partial charge in [0.2, 0.25) is 0 Å². The molecule has 0 unspecified atom stereocenters. The molecule has 1 aliphatic rings. The first-order chi connectivity index (χ1) is 10.2. The third-order valence-electron chi connectivity index (χ3n) is 4.10. The minimum Gasteiger partial charge on any atom is -0.450 e. The molecular weight excluding hydrogens is 332 g/mol. The number of hydrogen-bond acceptors (Lipinski definition) is 3. The number of nitrogens with zero attached hydrogens (tertiary/aromatic N) is 1. The number of nitrogens with one attached hydrogen (secondary N) is 1. The fourth-order valence-corrected chi connectivity index (χ4v) is 3.38. The fraction of sp³-hybridized carbons (Fsp3) is 0.438. The largest absolute Gasteiger partial charge is 0.450 e. The number of carbonyl (C=O) groups excluding carboxylic acids is 1. The van der Waals surface area contributed by atoms with Crippen molar-refractivity contribution in [2.75, 3.05) is 26.7 Å². The smallest absolute Gasteiger partial charge is 0.289 e. The molecule has 0 radical (unpaired) electrons. The molecule has 1 fully saturated rings. The molecule has 1 aliphatic heterocycles. The van der Waals surface area contributed by atoms with Crippen LogP contribution in [0.5, 0.6) is 0 Å². The summed E-state index contributed by atoms with van der Waals surface area (Å²) in [6.07, 6.45) is 2.10. The highest BCUT2D eigenvalue weighted by Crippen LogP contribution is 2.28. The van der Waals surface area contributed by atoms with Gasteiger partial charge >= 0.3 is 0 Å². The lowest BCUT2D eigenvalue weighted by Gasteiger charge is -2.31. The van der Waals surface area contributed by atoms with Crippen LogP contribution in [-0.4, -0.2) is 37.5 Å². The zero-order chi connectivity index (χ0) is 14.8. The van der Waals surface area contributed by atoms with Crippen molar-refractivity contribution in [3.05, 3.63) is 34.5 Å². The molecule has 1 N–H and O–H groups in total. The monoisotopic (exact) mass is 350 g/mol. The second kappa shape index (κ2) is 6.20. The Balaban J connectivity index is 1.74. The number of likely N-dealkylation sites (tertiary alicyclic amines) is 1. The van der Waals surface area contributed by atoms with Gasteiger partial charge in [-0.15, -0.1) is 0 Å². The Morgan fingerprint density at radius 2 is 2.19 bits per heavy atom. The maximum atomic E-state index is 12.5. The van der Waals surface area contributed by atoms with Gasteiger partial charge in [-0.05, 0) is 60.4 Å². The van der Waals surface area contributed by atoms with E-state index in [-0.39, 0.29) is 5.91 Å². The summed E-state index contributed by atoms with van der Waals surface area (Å²) >= 11 is 3.45. The van der Waals surface area contributed by atoms with E-state index in [4.69, 9.17) is 4.42 Å². The summed E-state index contributed by atoms with van der Waals surface area (Å²) in [5.41, 5.74) is 0.742. The highest BCUT2D eigenvalue weighted by molar-refractivity contribution is 9.10. The van der Waals surface area contributed by atoms with Gasteiger partial charge in [-0.3, -0.25) is 4.79 Å². The average molecular weight is 351 g/mol. The zero-order valence-corrected chi connectivity index (χ0v) is 13.6. The molecule has 21 heavy (non-hydrogen) atoms. The summed E-state index contributed by atoms with van der Waals surface area (Å²) in [5.74, 6) is 1.11. The van der Waals surface area contributed by atoms with Crippen LogP contribution < -0.4 is 5.32 Å². The third-order valence-corrected chi connectivity index (χ3v) is 4.73. The lowest BCUT2D eigenvalue weighted by atomic mass is 9.97. The molecule has 0 aliphatic carbocycles. The van der Waals surface area contributed by atoms with Crippen LogP contribution >= 0.6 is 15.9 Å². The van der Waals surface area contributed by atoms with Gasteiger partial charge in [-0.1, -0.05) is 12.1 Å². The van der Waals surface area contributed by atoms with Gasteiger partial charge in [0.05, 0.1) is 4.47 Å². The van der Waals surface area contributed by atoms with E-state index in [0.717, 1.165) is 47.9 Å². The molecule has 4 nitrogen and oxygen atoms in total. The predicted molar refractivity (Wildman–Crippen MR) is 86.5 cm³/mol. The summed E-state index contributed by atoms with van der Waals surface area (Å²) in [6.45, 7) is 2.65. The van der Waals surface area contributed by atoms with Crippen LogP contribution in [0.25, 0.3) is 11.0 Å². The molecule has 1 saturated heterocycles. The Bertz CT molecular complexity index is 645. The number of furan rings is 1. The van der Waals surface area contributed by atoms with Crippen LogP contribution in [0.15, 0.2) is 33.2 Å². The summed E-state index contributed by atoms with van der Waals surface area (Å²) in [6, 6.07) is 7.66. The minimum atomic E-state index is 0.000933. The van der Waals surface area contributed by atoms with Crippen LogP contribution in [0, 0.1) is 5.92 Å². The van der Waals surface area contributed by atoms with E-state index in [1.807, 2.05) is 36.2 Å². The van der Waals surface area contributed by atoms with E-state index in [1.165, 1.54) is 0 Å². The van der Waals surface area contributed by atoms with E-state index < -0.39 is 0 Å². The maximum absolute atomic E-state index is 12.5. The number of halogens is 1. The second-order valence-electron chi connectivity index (χ2n) is 5.56. The van der Waals surface area contributed by atoms with Crippen LogP contribution in [0.1, 0.15) is 23.4 Å². The number of rotatable bonds is 3. The quantitative estimate of drug-likeness (QED) is 0.923. The molecule has 0 atom stereocenters. The summed E-state index contributed by atoms with van der Waals surface area (Å²) in [5, 5.41) is 4.17. The Kier molecular flexibility index (Phi) is 4.31. The van der Waals surface area contributed by atoms with E-state index >= 15 is 0 Å². The number of amides is 1. The highest BCUT2D eigenvalue weighted by Gasteiger charge is 2.25. The van der Waals surface area contributed by atoms with E-state index in [2.05, 4.69) is 21.2 Å². The van der Waals surface area contributed by atoms with E-state index in [0.29, 0.717) is 11.7 Å². The van der Waals surface area contributed by atoms with Gasteiger partial charge < -0.3 is 14.6 Å². The normalized spacial score (nSPS) is 16.6. The van der Waals surface area contributed by atoms with Crippen molar-refractivity contribution in [1.82, 2.24) is 10.2 Å². The van der Waals surface area contributed by atoms with E-state index in [9.17, 15) is 4.79 Å². The van der Waals surface area contributed by atoms with Crippen molar-refractivity contribution < 1.29 is 9.21 Å². The summed E-state index contributed by atoms with van der Waals surface area (Å²) < 4.78 is 6.62. The van der Waals surface area contributed by atoms with Crippen molar-refractivity contribution in [1.29, 1.82) is 0 Å². The SMILES string of the molecule is CNCC1CCN(C(=O)c2cc3cccc(Br)c3o2)CC1. The molecule has 1 amide bonds. The molecule has 0 bridgehead atoms. The highest BCUT2D eigenvalue weighted by atomic mass is 79.9. The molecule has 1 aromatic heterocycles. The number of piperidine rings is 1. The Labute approximate surface area is 132 Å². The van der Waals surface area contributed by atoms with Gasteiger partial charge in [0.15, 0.2) is 5.76 Å². The van der Waals surface area contributed by atoms with Crippen LogP contribution in [0.3, 0.4) is 0 Å². The molecule has 2 heterocycles. The fourth-order valence-electron chi connectivity index (χ4n) is 2.92. The van der Waals surface area contributed by atoms with Gasteiger partial charge in [0, 0.05) is 18.5 Å². The van der Waals surface area contributed by atoms with Crippen molar-refractivity contribution in [3.63, 3.8) is 0 Å². The molecule has 112 valence electrons. The second-order valence-corrected chi connectivity index (χ2v) is 6.42. The number of benzene rings is 1. The first-order valence-electron chi connectivity index (χ1n) is 7.31. The van der Waals surface area contributed by atoms with Crippen molar-refractivity contribution >= 4 is 32.8 Å². The zero-order valence-electron chi connectivity index (χ0n) is 12.1. The molecule has 3 rings (SSSR count). The standard InChI is InChI=1S/C16H19BrN2O2/c1-18-10-11-5-7-19(8-6-11)16(20)14-9-12-3-2-4-13(17)15(12)21-14/h2-4,9,11,18H,5-8,10H2,1H3. The van der Waals surface area contributed by atoms with Crippen molar-refractivity contribution in [2.24, 2.45) is 5.92 Å². The molecule has 0 spiro atoms. The average Bonchev–Trinajstić information content (AvgIpc) is 2.93. The number of carbonyl (C=O) groups is 1. The Hall–Kier alpha value is -1.33. The minimum absolute atomic E-state index is 0.000933. The van der Waals surface area contributed by atoms with Crippen LogP contribution in [0.4, 0.5) is 0 Å². The van der Waals surface area contributed by atoms with Crippen molar-refractivity contribution in [3.8, 4) is 0 Å². The first-order valence-corrected chi connectivity index (χ1v) is 8.10. The lowest BCUT2D eigenvalue weighted by molar-refractivity contribution is 0.0661. The van der Waals surface area contributed by atoms with Gasteiger partial charge in [0.25, 0.3) is 5.91 Å². The van der Waals surface area contributed by atoms with Gasteiger partial charge in [-0.25, -0.2) is 0 Å². The molecule has 1 aromatic carbocycles. The Morgan fingerprint density at radius 3 is 2.86 bits per heavy atom. The van der Waals surface area contributed by atoms with Crippen LogP contribution in [0.2, 0.25) is 0 Å².